The number of ether oxygens (including phenoxy) is 1. The van der Waals surface area contributed by atoms with Gasteiger partial charge in [-0.15, -0.1) is 0 Å². The molecule has 1 aromatic heterocycles. The van der Waals surface area contributed by atoms with Crippen molar-refractivity contribution in [3.05, 3.63) is 18.1 Å². The number of carbonyl (C=O) groups excluding carboxylic acids is 1. The first-order chi connectivity index (χ1) is 8.37. The zero-order valence-corrected chi connectivity index (χ0v) is 11.7. The van der Waals surface area contributed by atoms with Crippen LogP contribution in [0.3, 0.4) is 0 Å². The van der Waals surface area contributed by atoms with Gasteiger partial charge in [-0.3, -0.25) is 0 Å². The second-order valence-corrected chi connectivity index (χ2v) is 4.91. The van der Waals surface area contributed by atoms with Crippen LogP contribution < -0.4 is 4.90 Å². The summed E-state index contributed by atoms with van der Waals surface area (Å²) < 4.78 is 5.24. The Morgan fingerprint density at radius 1 is 1.33 bits per heavy atom. The van der Waals surface area contributed by atoms with E-state index in [1.165, 1.54) is 0 Å². The molecule has 5 heteroatoms. The van der Waals surface area contributed by atoms with Crippen LogP contribution in [-0.4, -0.2) is 34.6 Å². The predicted octanol–water partition coefficient (Wildman–Crippen LogP) is 2.28. The largest absolute Gasteiger partial charge is 0.454 e. The molecular weight excluding hydrogens is 230 g/mol. The fourth-order valence-corrected chi connectivity index (χ4v) is 1.49. The average Bonchev–Trinajstić information content (AvgIpc) is 2.29. The molecule has 0 N–H and O–H groups in total. The van der Waals surface area contributed by atoms with Crippen LogP contribution in [0.2, 0.25) is 0 Å². The van der Waals surface area contributed by atoms with Crippen LogP contribution >= 0.6 is 0 Å². The Balaban J connectivity index is 2.91. The first-order valence-corrected chi connectivity index (χ1v) is 6.18. The number of esters is 1. The van der Waals surface area contributed by atoms with E-state index in [0.717, 1.165) is 18.9 Å². The van der Waals surface area contributed by atoms with Crippen LogP contribution in [0.4, 0.5) is 5.82 Å². The fourth-order valence-electron chi connectivity index (χ4n) is 1.49. The van der Waals surface area contributed by atoms with E-state index in [1.54, 1.807) is 12.3 Å². The zero-order valence-electron chi connectivity index (χ0n) is 11.7. The van der Waals surface area contributed by atoms with E-state index in [9.17, 15) is 4.79 Å². The number of hydrogen-bond acceptors (Lipinski definition) is 5. The van der Waals surface area contributed by atoms with E-state index in [2.05, 4.69) is 14.9 Å². The van der Waals surface area contributed by atoms with Gasteiger partial charge < -0.3 is 9.64 Å². The molecule has 0 aliphatic heterocycles. The van der Waals surface area contributed by atoms with Crippen molar-refractivity contribution in [1.82, 2.24) is 9.97 Å². The van der Waals surface area contributed by atoms with Crippen molar-refractivity contribution in [1.29, 1.82) is 0 Å². The lowest BCUT2D eigenvalue weighted by atomic mass is 10.2. The molecule has 1 rings (SSSR count). The molecule has 0 saturated heterocycles. The Hall–Kier alpha value is -1.65. The van der Waals surface area contributed by atoms with E-state index in [4.69, 9.17) is 4.74 Å². The number of carbonyl (C=O) groups is 1. The van der Waals surface area contributed by atoms with Gasteiger partial charge >= 0.3 is 5.97 Å². The number of hydrogen-bond donors (Lipinski definition) is 0. The Kier molecular flexibility index (Phi) is 4.64. The summed E-state index contributed by atoms with van der Waals surface area (Å²) in [5, 5.41) is 0. The Morgan fingerprint density at radius 2 is 1.94 bits per heavy atom. The van der Waals surface area contributed by atoms with Crippen molar-refractivity contribution in [3.8, 4) is 0 Å². The first-order valence-electron chi connectivity index (χ1n) is 6.18. The summed E-state index contributed by atoms with van der Waals surface area (Å²) in [7, 11) is 0. The van der Waals surface area contributed by atoms with Gasteiger partial charge in [0.15, 0.2) is 0 Å². The van der Waals surface area contributed by atoms with Gasteiger partial charge in [-0.25, -0.2) is 14.8 Å². The summed E-state index contributed by atoms with van der Waals surface area (Å²) in [6.07, 6.45) is 1.58. The lowest BCUT2D eigenvalue weighted by Gasteiger charge is -2.21. The van der Waals surface area contributed by atoms with Gasteiger partial charge in [0.25, 0.3) is 0 Å². The van der Waals surface area contributed by atoms with Gasteiger partial charge in [0.1, 0.15) is 11.4 Å². The quantitative estimate of drug-likeness (QED) is 0.768. The molecule has 0 fully saturated rings. The Morgan fingerprint density at radius 3 is 2.44 bits per heavy atom. The van der Waals surface area contributed by atoms with Crippen LogP contribution in [0.1, 0.15) is 45.2 Å². The van der Waals surface area contributed by atoms with E-state index in [1.807, 2.05) is 34.6 Å². The molecule has 0 aromatic carbocycles. The normalized spacial score (nSPS) is 11.2. The Bertz CT molecular complexity index is 409. The van der Waals surface area contributed by atoms with Crippen molar-refractivity contribution in [2.24, 2.45) is 0 Å². The second kappa shape index (κ2) is 5.80. The van der Waals surface area contributed by atoms with Crippen LogP contribution in [-0.2, 0) is 4.74 Å². The Labute approximate surface area is 108 Å². The molecule has 1 aromatic rings. The van der Waals surface area contributed by atoms with Crippen LogP contribution in [0.25, 0.3) is 0 Å². The van der Waals surface area contributed by atoms with E-state index >= 15 is 0 Å². The minimum Gasteiger partial charge on any atom is -0.454 e. The molecule has 1 heterocycles. The third-order valence-electron chi connectivity index (χ3n) is 2.31. The summed E-state index contributed by atoms with van der Waals surface area (Å²) in [6.45, 7) is 11.2. The fraction of sp³-hybridized carbons (Fsp3) is 0.615. The maximum absolute atomic E-state index is 11.8. The van der Waals surface area contributed by atoms with Crippen molar-refractivity contribution in [2.45, 2.75) is 40.2 Å². The second-order valence-electron chi connectivity index (χ2n) is 4.91. The maximum atomic E-state index is 11.8. The number of anilines is 1. The highest BCUT2D eigenvalue weighted by atomic mass is 16.6. The van der Waals surface area contributed by atoms with E-state index in [0.29, 0.717) is 0 Å². The lowest BCUT2D eigenvalue weighted by molar-refractivity contribution is 0.00556. The van der Waals surface area contributed by atoms with Crippen molar-refractivity contribution >= 4 is 11.8 Å². The summed E-state index contributed by atoms with van der Waals surface area (Å²) in [5.41, 5.74) is -0.536. The van der Waals surface area contributed by atoms with Crippen LogP contribution in [0.5, 0.6) is 0 Å². The maximum Gasteiger partial charge on any atom is 0.376 e. The minimum absolute atomic E-state index is 0.106. The lowest BCUT2D eigenvalue weighted by Crippen LogP contribution is -2.27. The summed E-state index contributed by atoms with van der Waals surface area (Å²) in [5.74, 6) is 0.363. The summed E-state index contributed by atoms with van der Waals surface area (Å²) in [6, 6.07) is 1.79. The standard InChI is InChI=1S/C13H21N3O2/c1-6-16(7-2)10-8-9-14-11(15-10)12(17)18-13(3,4)5/h8-9H,6-7H2,1-5H3. The first kappa shape index (κ1) is 14.4. The molecule has 100 valence electrons. The number of aromatic nitrogens is 2. The average molecular weight is 251 g/mol. The summed E-state index contributed by atoms with van der Waals surface area (Å²) >= 11 is 0. The molecule has 0 radical (unpaired) electrons. The molecule has 0 aliphatic rings. The number of rotatable bonds is 4. The highest BCUT2D eigenvalue weighted by molar-refractivity contribution is 5.85. The molecule has 5 nitrogen and oxygen atoms in total. The molecule has 18 heavy (non-hydrogen) atoms. The van der Waals surface area contributed by atoms with E-state index < -0.39 is 11.6 Å². The van der Waals surface area contributed by atoms with Crippen LogP contribution in [0.15, 0.2) is 12.3 Å². The highest BCUT2D eigenvalue weighted by Gasteiger charge is 2.20. The molecule has 0 amide bonds. The molecule has 0 spiro atoms. The van der Waals surface area contributed by atoms with Crippen molar-refractivity contribution < 1.29 is 9.53 Å². The molecular formula is C13H21N3O2. The monoisotopic (exact) mass is 251 g/mol. The third kappa shape index (κ3) is 3.98. The molecule has 0 bridgehead atoms. The zero-order chi connectivity index (χ0) is 13.8. The smallest absolute Gasteiger partial charge is 0.376 e. The topological polar surface area (TPSA) is 55.3 Å². The van der Waals surface area contributed by atoms with Gasteiger partial charge in [0.2, 0.25) is 5.82 Å². The molecule has 0 unspecified atom stereocenters. The minimum atomic E-state index is -0.536. The highest BCUT2D eigenvalue weighted by Crippen LogP contribution is 2.13. The van der Waals surface area contributed by atoms with Gasteiger partial charge in [-0.2, -0.15) is 0 Å². The van der Waals surface area contributed by atoms with Crippen LogP contribution in [0, 0.1) is 0 Å². The SMILES string of the molecule is CCN(CC)c1ccnc(C(=O)OC(C)(C)C)n1. The van der Waals surface area contributed by atoms with Gasteiger partial charge in [-0.05, 0) is 40.7 Å². The van der Waals surface area contributed by atoms with Crippen molar-refractivity contribution in [3.63, 3.8) is 0 Å². The van der Waals surface area contributed by atoms with Gasteiger partial charge in [0.05, 0.1) is 0 Å². The molecule has 0 aliphatic carbocycles. The molecule has 0 saturated carbocycles. The van der Waals surface area contributed by atoms with Gasteiger partial charge in [-0.1, -0.05) is 0 Å². The number of nitrogens with zero attached hydrogens (tertiary/aromatic N) is 3. The van der Waals surface area contributed by atoms with E-state index in [-0.39, 0.29) is 5.82 Å². The van der Waals surface area contributed by atoms with Crippen molar-refractivity contribution in [2.75, 3.05) is 18.0 Å². The summed E-state index contributed by atoms with van der Waals surface area (Å²) in [4.78, 5) is 22.1. The third-order valence-corrected chi connectivity index (χ3v) is 2.31. The molecule has 0 atom stereocenters. The van der Waals surface area contributed by atoms with Gasteiger partial charge in [0, 0.05) is 19.3 Å². The predicted molar refractivity (Wildman–Crippen MR) is 70.8 cm³/mol.